The second-order valence-corrected chi connectivity index (χ2v) is 5.74. The van der Waals surface area contributed by atoms with Gasteiger partial charge in [-0.2, -0.15) is 0 Å². The molecule has 0 unspecified atom stereocenters. The first-order chi connectivity index (χ1) is 8.88. The zero-order valence-electron chi connectivity index (χ0n) is 11.8. The molecular formula is C15H22N2O2. The summed E-state index contributed by atoms with van der Waals surface area (Å²) in [6.07, 6.45) is 2.10. The van der Waals surface area contributed by atoms with Crippen molar-refractivity contribution in [3.8, 4) is 0 Å². The summed E-state index contributed by atoms with van der Waals surface area (Å²) in [7, 11) is 0. The van der Waals surface area contributed by atoms with Crippen molar-refractivity contribution in [3.05, 3.63) is 29.3 Å². The topological polar surface area (TPSA) is 61.4 Å². The maximum atomic E-state index is 11.8. The molecule has 1 aromatic carbocycles. The fourth-order valence-corrected chi connectivity index (χ4v) is 2.10. The van der Waals surface area contributed by atoms with Crippen LogP contribution in [0.3, 0.4) is 0 Å². The van der Waals surface area contributed by atoms with E-state index in [1.54, 1.807) is 6.92 Å². The molecule has 0 aromatic heterocycles. The molecular weight excluding hydrogens is 240 g/mol. The maximum Gasteiger partial charge on any atom is 0.319 e. The van der Waals surface area contributed by atoms with Gasteiger partial charge in [-0.3, -0.25) is 0 Å². The van der Waals surface area contributed by atoms with Crippen LogP contribution in [0, 0.1) is 19.8 Å². The number of anilines is 1. The standard InChI is InChI=1S/C15H22N2O2/c1-10-4-7-13(8-11(10)2)17-14(18)16-9-15(3,19)12-5-6-12/h4,7-8,12,19H,5-6,9H2,1-3H3,(H2,16,17,18)/t15-/m0/s1. The van der Waals surface area contributed by atoms with Crippen LogP contribution in [0.4, 0.5) is 10.5 Å². The summed E-state index contributed by atoms with van der Waals surface area (Å²) in [6, 6.07) is 5.52. The van der Waals surface area contributed by atoms with Gasteiger partial charge >= 0.3 is 6.03 Å². The van der Waals surface area contributed by atoms with Gasteiger partial charge in [0, 0.05) is 12.2 Å². The van der Waals surface area contributed by atoms with Crippen LogP contribution in [0.2, 0.25) is 0 Å². The Labute approximate surface area is 114 Å². The zero-order chi connectivity index (χ0) is 14.0. The van der Waals surface area contributed by atoms with E-state index in [1.807, 2.05) is 32.0 Å². The highest BCUT2D eigenvalue weighted by molar-refractivity contribution is 5.89. The number of benzene rings is 1. The molecule has 1 saturated carbocycles. The Kier molecular flexibility index (Phi) is 3.80. The molecule has 0 heterocycles. The van der Waals surface area contributed by atoms with Crippen molar-refractivity contribution in [2.45, 2.75) is 39.2 Å². The molecule has 4 heteroatoms. The number of rotatable bonds is 4. The van der Waals surface area contributed by atoms with Gasteiger partial charge < -0.3 is 15.7 Å². The minimum absolute atomic E-state index is 0.274. The second kappa shape index (κ2) is 5.21. The highest BCUT2D eigenvalue weighted by Crippen LogP contribution is 2.38. The van der Waals surface area contributed by atoms with E-state index >= 15 is 0 Å². The summed E-state index contributed by atoms with van der Waals surface area (Å²) in [4.78, 5) is 11.8. The Morgan fingerprint density at radius 3 is 2.63 bits per heavy atom. The first kappa shape index (κ1) is 13.9. The van der Waals surface area contributed by atoms with Crippen LogP contribution < -0.4 is 10.6 Å². The number of aryl methyl sites for hydroxylation is 2. The molecule has 0 radical (unpaired) electrons. The van der Waals surface area contributed by atoms with Crippen LogP contribution in [0.5, 0.6) is 0 Å². The van der Waals surface area contributed by atoms with E-state index < -0.39 is 5.60 Å². The predicted molar refractivity (Wildman–Crippen MR) is 76.3 cm³/mol. The van der Waals surface area contributed by atoms with Crippen LogP contribution in [-0.2, 0) is 0 Å². The van der Waals surface area contributed by atoms with Crippen molar-refractivity contribution < 1.29 is 9.90 Å². The molecule has 1 aliphatic carbocycles. The second-order valence-electron chi connectivity index (χ2n) is 5.74. The molecule has 1 fully saturated rings. The smallest absolute Gasteiger partial charge is 0.319 e. The van der Waals surface area contributed by atoms with E-state index in [-0.39, 0.29) is 12.6 Å². The van der Waals surface area contributed by atoms with Crippen LogP contribution in [0.1, 0.15) is 30.9 Å². The average molecular weight is 262 g/mol. The van der Waals surface area contributed by atoms with Gasteiger partial charge in [0.25, 0.3) is 0 Å². The third-order valence-corrected chi connectivity index (χ3v) is 3.83. The number of amides is 2. The minimum Gasteiger partial charge on any atom is -0.388 e. The highest BCUT2D eigenvalue weighted by atomic mass is 16.3. The Bertz CT molecular complexity index is 479. The van der Waals surface area contributed by atoms with Gasteiger partial charge in [-0.25, -0.2) is 4.79 Å². The summed E-state index contributed by atoms with van der Waals surface area (Å²) in [6.45, 7) is 6.11. The molecule has 2 rings (SSSR count). The lowest BCUT2D eigenvalue weighted by Gasteiger charge is -2.23. The first-order valence-corrected chi connectivity index (χ1v) is 6.73. The number of urea groups is 1. The Morgan fingerprint density at radius 2 is 2.05 bits per heavy atom. The average Bonchev–Trinajstić information content (AvgIpc) is 3.16. The highest BCUT2D eigenvalue weighted by Gasteiger charge is 2.39. The molecule has 2 amide bonds. The van der Waals surface area contributed by atoms with Gasteiger partial charge in [-0.05, 0) is 62.8 Å². The van der Waals surface area contributed by atoms with Gasteiger partial charge in [0.15, 0.2) is 0 Å². The minimum atomic E-state index is -0.791. The predicted octanol–water partition coefficient (Wildman–Crippen LogP) is 2.59. The van der Waals surface area contributed by atoms with Crippen molar-refractivity contribution in [2.75, 3.05) is 11.9 Å². The van der Waals surface area contributed by atoms with Crippen LogP contribution >= 0.6 is 0 Å². The molecule has 0 aliphatic heterocycles. The number of hydrogen-bond acceptors (Lipinski definition) is 2. The molecule has 3 N–H and O–H groups in total. The number of hydrogen-bond donors (Lipinski definition) is 3. The Balaban J connectivity index is 1.85. The molecule has 1 aromatic rings. The number of carbonyl (C=O) groups is 1. The summed E-state index contributed by atoms with van der Waals surface area (Å²) in [5.41, 5.74) is 2.32. The van der Waals surface area contributed by atoms with Crippen molar-refractivity contribution in [1.29, 1.82) is 0 Å². The van der Waals surface area contributed by atoms with Crippen molar-refractivity contribution in [1.82, 2.24) is 5.32 Å². The summed E-state index contributed by atoms with van der Waals surface area (Å²) in [5, 5.41) is 15.6. The van der Waals surface area contributed by atoms with Gasteiger partial charge in [0.1, 0.15) is 0 Å². The van der Waals surface area contributed by atoms with E-state index in [0.717, 1.165) is 24.1 Å². The molecule has 1 atom stereocenters. The molecule has 104 valence electrons. The molecule has 19 heavy (non-hydrogen) atoms. The molecule has 1 aliphatic rings. The fourth-order valence-electron chi connectivity index (χ4n) is 2.10. The van der Waals surface area contributed by atoms with E-state index in [4.69, 9.17) is 0 Å². The molecule has 4 nitrogen and oxygen atoms in total. The zero-order valence-corrected chi connectivity index (χ0v) is 11.8. The normalized spacial score (nSPS) is 17.7. The summed E-state index contributed by atoms with van der Waals surface area (Å²) >= 11 is 0. The largest absolute Gasteiger partial charge is 0.388 e. The van der Waals surface area contributed by atoms with Gasteiger partial charge in [-0.1, -0.05) is 6.07 Å². The molecule has 0 bridgehead atoms. The van der Waals surface area contributed by atoms with Crippen LogP contribution in [0.15, 0.2) is 18.2 Å². The molecule has 0 saturated heterocycles. The maximum absolute atomic E-state index is 11.8. The monoisotopic (exact) mass is 262 g/mol. The molecule has 0 spiro atoms. The number of carbonyl (C=O) groups excluding carboxylic acids is 1. The van der Waals surface area contributed by atoms with Gasteiger partial charge in [-0.15, -0.1) is 0 Å². The first-order valence-electron chi connectivity index (χ1n) is 6.73. The Hall–Kier alpha value is -1.55. The van der Waals surface area contributed by atoms with Crippen molar-refractivity contribution in [3.63, 3.8) is 0 Å². The van der Waals surface area contributed by atoms with Crippen molar-refractivity contribution >= 4 is 11.7 Å². The van der Waals surface area contributed by atoms with Gasteiger partial charge in [0.05, 0.1) is 5.60 Å². The van der Waals surface area contributed by atoms with Crippen LogP contribution in [-0.4, -0.2) is 23.3 Å². The van der Waals surface area contributed by atoms with Crippen molar-refractivity contribution in [2.24, 2.45) is 5.92 Å². The lowest BCUT2D eigenvalue weighted by atomic mass is 10.0. The third kappa shape index (κ3) is 3.70. The third-order valence-electron chi connectivity index (χ3n) is 3.83. The Morgan fingerprint density at radius 1 is 1.37 bits per heavy atom. The van der Waals surface area contributed by atoms with Crippen LogP contribution in [0.25, 0.3) is 0 Å². The van der Waals surface area contributed by atoms with E-state index in [9.17, 15) is 9.90 Å². The lowest BCUT2D eigenvalue weighted by Crippen LogP contribution is -2.43. The fraction of sp³-hybridized carbons (Fsp3) is 0.533. The number of aliphatic hydroxyl groups is 1. The van der Waals surface area contributed by atoms with E-state index in [2.05, 4.69) is 10.6 Å². The van der Waals surface area contributed by atoms with E-state index in [0.29, 0.717) is 5.92 Å². The number of nitrogens with one attached hydrogen (secondary N) is 2. The van der Waals surface area contributed by atoms with Gasteiger partial charge in [0.2, 0.25) is 0 Å². The SMILES string of the molecule is Cc1ccc(NC(=O)NC[C@](C)(O)C2CC2)cc1C. The lowest BCUT2D eigenvalue weighted by molar-refractivity contribution is 0.0398. The summed E-state index contributed by atoms with van der Waals surface area (Å²) < 4.78 is 0. The van der Waals surface area contributed by atoms with E-state index in [1.165, 1.54) is 5.56 Å². The quantitative estimate of drug-likeness (QED) is 0.781. The summed E-state index contributed by atoms with van der Waals surface area (Å²) in [5.74, 6) is 0.328.